The van der Waals surface area contributed by atoms with Crippen LogP contribution in [-0.2, 0) is 9.84 Å². The maximum Gasteiger partial charge on any atom is 0.269 e. The van der Waals surface area contributed by atoms with Gasteiger partial charge in [-0.1, -0.05) is 12.1 Å². The Kier molecular flexibility index (Phi) is 3.30. The van der Waals surface area contributed by atoms with Crippen molar-refractivity contribution in [2.45, 2.75) is 4.90 Å². The summed E-state index contributed by atoms with van der Waals surface area (Å²) in [6.07, 6.45) is 3.93. The van der Waals surface area contributed by atoms with Crippen molar-refractivity contribution in [3.63, 3.8) is 0 Å². The zero-order valence-corrected chi connectivity index (χ0v) is 10.9. The third-order valence-corrected chi connectivity index (χ3v) is 3.62. The summed E-state index contributed by atoms with van der Waals surface area (Å²) in [5.74, 6) is -0.685. The Bertz CT molecular complexity index is 724. The first-order valence-electron chi connectivity index (χ1n) is 5.31. The van der Waals surface area contributed by atoms with Crippen molar-refractivity contribution in [1.29, 1.82) is 0 Å². The fraction of sp³-hybridized carbons (Fsp3) is 0.0833. The molecule has 98 valence electrons. The highest BCUT2D eigenvalue weighted by Gasteiger charge is 2.13. The number of hydrogen-bond acceptors (Lipinski definition) is 5. The van der Waals surface area contributed by atoms with Crippen LogP contribution in [0.3, 0.4) is 0 Å². The molecule has 0 atom stereocenters. The van der Waals surface area contributed by atoms with Gasteiger partial charge in [0.25, 0.3) is 5.91 Å². The van der Waals surface area contributed by atoms with E-state index >= 15 is 0 Å². The predicted molar refractivity (Wildman–Crippen MR) is 69.1 cm³/mol. The van der Waals surface area contributed by atoms with E-state index < -0.39 is 15.7 Å². The molecule has 19 heavy (non-hydrogen) atoms. The molecule has 0 aliphatic heterocycles. The van der Waals surface area contributed by atoms with Crippen molar-refractivity contribution in [2.24, 2.45) is 5.73 Å². The van der Waals surface area contributed by atoms with E-state index in [-0.39, 0.29) is 10.6 Å². The summed E-state index contributed by atoms with van der Waals surface area (Å²) in [6.45, 7) is 0. The number of benzene rings is 1. The van der Waals surface area contributed by atoms with Crippen LogP contribution in [0.1, 0.15) is 10.5 Å². The van der Waals surface area contributed by atoms with E-state index in [1.807, 2.05) is 0 Å². The first-order chi connectivity index (χ1) is 8.89. The largest absolute Gasteiger partial charge is 0.364 e. The molecule has 0 saturated carbocycles. The molecule has 1 aromatic heterocycles. The molecular formula is C12H11N3O3S. The zero-order chi connectivity index (χ0) is 14.0. The molecule has 0 spiro atoms. The fourth-order valence-corrected chi connectivity index (χ4v) is 2.22. The molecule has 1 heterocycles. The highest BCUT2D eigenvalue weighted by molar-refractivity contribution is 7.90. The number of nitrogens with zero attached hydrogens (tertiary/aromatic N) is 2. The van der Waals surface area contributed by atoms with Crippen LogP contribution in [0.2, 0.25) is 0 Å². The van der Waals surface area contributed by atoms with Crippen LogP contribution < -0.4 is 5.73 Å². The minimum absolute atomic E-state index is 0.0506. The lowest BCUT2D eigenvalue weighted by Crippen LogP contribution is -2.15. The van der Waals surface area contributed by atoms with Gasteiger partial charge < -0.3 is 5.73 Å². The van der Waals surface area contributed by atoms with Crippen LogP contribution >= 0.6 is 0 Å². The number of hydrogen-bond donors (Lipinski definition) is 1. The Balaban J connectivity index is 2.52. The normalized spacial score (nSPS) is 11.2. The second-order valence-electron chi connectivity index (χ2n) is 3.91. The molecule has 6 nitrogen and oxygen atoms in total. The monoisotopic (exact) mass is 277 g/mol. The number of rotatable bonds is 3. The lowest BCUT2D eigenvalue weighted by atomic mass is 10.1. The van der Waals surface area contributed by atoms with Gasteiger partial charge in [0.05, 0.1) is 4.90 Å². The van der Waals surface area contributed by atoms with Crippen LogP contribution in [0.15, 0.2) is 41.6 Å². The van der Waals surface area contributed by atoms with Crippen molar-refractivity contribution in [3.05, 3.63) is 42.4 Å². The average molecular weight is 277 g/mol. The van der Waals surface area contributed by atoms with E-state index in [0.717, 1.165) is 6.26 Å². The molecule has 7 heteroatoms. The Morgan fingerprint density at radius 2 is 1.68 bits per heavy atom. The maximum atomic E-state index is 11.4. The van der Waals surface area contributed by atoms with Gasteiger partial charge in [-0.3, -0.25) is 9.78 Å². The summed E-state index contributed by atoms with van der Waals surface area (Å²) in [6, 6.07) is 6.02. The quantitative estimate of drug-likeness (QED) is 0.887. The maximum absolute atomic E-state index is 11.4. The number of nitrogens with two attached hydrogens (primary N) is 1. The van der Waals surface area contributed by atoms with Gasteiger partial charge in [-0.15, -0.1) is 0 Å². The van der Waals surface area contributed by atoms with E-state index in [4.69, 9.17) is 5.73 Å². The Labute approximate surface area is 110 Å². The smallest absolute Gasteiger partial charge is 0.269 e. The Morgan fingerprint density at radius 3 is 2.21 bits per heavy atom. The van der Waals surface area contributed by atoms with E-state index in [1.165, 1.54) is 24.5 Å². The van der Waals surface area contributed by atoms with Crippen molar-refractivity contribution in [2.75, 3.05) is 6.26 Å². The third-order valence-electron chi connectivity index (χ3n) is 2.49. The summed E-state index contributed by atoms with van der Waals surface area (Å²) in [4.78, 5) is 19.4. The number of carbonyl (C=O) groups is 1. The fourth-order valence-electron chi connectivity index (χ4n) is 1.59. The van der Waals surface area contributed by atoms with Gasteiger partial charge in [-0.25, -0.2) is 13.4 Å². The molecule has 2 rings (SSSR count). The SMILES string of the molecule is CS(=O)(=O)c1ccc(-c2nccnc2C(N)=O)cc1. The summed E-state index contributed by atoms with van der Waals surface area (Å²) in [7, 11) is -3.26. The molecule has 0 fully saturated rings. The standard InChI is InChI=1S/C12H11N3O3S/c1-19(17,18)9-4-2-8(3-5-9)10-11(12(13)16)15-7-6-14-10/h2-7H,1H3,(H2,13,16). The number of amides is 1. The minimum atomic E-state index is -3.26. The number of sulfone groups is 1. The lowest BCUT2D eigenvalue weighted by molar-refractivity contribution is 0.0996. The molecule has 0 saturated heterocycles. The van der Waals surface area contributed by atoms with Crippen LogP contribution in [0, 0.1) is 0 Å². The van der Waals surface area contributed by atoms with E-state index in [9.17, 15) is 13.2 Å². The highest BCUT2D eigenvalue weighted by Crippen LogP contribution is 2.21. The first kappa shape index (κ1) is 13.2. The first-order valence-corrected chi connectivity index (χ1v) is 7.20. The predicted octanol–water partition coefficient (Wildman–Crippen LogP) is 0.646. The molecule has 0 aliphatic rings. The topological polar surface area (TPSA) is 103 Å². The molecule has 2 N–H and O–H groups in total. The number of primary amides is 1. The number of carbonyl (C=O) groups excluding carboxylic acids is 1. The number of aromatic nitrogens is 2. The van der Waals surface area contributed by atoms with Crippen LogP contribution in [0.5, 0.6) is 0 Å². The van der Waals surface area contributed by atoms with Crippen LogP contribution in [0.4, 0.5) is 0 Å². The zero-order valence-electron chi connectivity index (χ0n) is 10.1. The summed E-state index contributed by atoms with van der Waals surface area (Å²) >= 11 is 0. The summed E-state index contributed by atoms with van der Waals surface area (Å²) < 4.78 is 22.7. The van der Waals surface area contributed by atoms with Gasteiger partial charge in [0, 0.05) is 24.2 Å². The van der Waals surface area contributed by atoms with Gasteiger partial charge in [0.1, 0.15) is 5.69 Å². The molecular weight excluding hydrogens is 266 g/mol. The van der Waals surface area contributed by atoms with Crippen molar-refractivity contribution in [1.82, 2.24) is 9.97 Å². The molecule has 0 unspecified atom stereocenters. The van der Waals surface area contributed by atoms with Gasteiger partial charge >= 0.3 is 0 Å². The summed E-state index contributed by atoms with van der Waals surface area (Å²) in [5, 5.41) is 0. The Hall–Kier alpha value is -2.28. The molecule has 0 aliphatic carbocycles. The van der Waals surface area contributed by atoms with Gasteiger partial charge in [-0.2, -0.15) is 0 Å². The molecule has 0 bridgehead atoms. The second kappa shape index (κ2) is 4.77. The third kappa shape index (κ3) is 2.76. The average Bonchev–Trinajstić information content (AvgIpc) is 2.38. The van der Waals surface area contributed by atoms with E-state index in [2.05, 4.69) is 9.97 Å². The molecule has 1 amide bonds. The van der Waals surface area contributed by atoms with E-state index in [0.29, 0.717) is 11.3 Å². The minimum Gasteiger partial charge on any atom is -0.364 e. The van der Waals surface area contributed by atoms with Crippen LogP contribution in [-0.4, -0.2) is 30.5 Å². The molecule has 0 radical (unpaired) electrons. The van der Waals surface area contributed by atoms with Crippen molar-refractivity contribution >= 4 is 15.7 Å². The highest BCUT2D eigenvalue weighted by atomic mass is 32.2. The van der Waals surface area contributed by atoms with Gasteiger partial charge in [0.15, 0.2) is 15.5 Å². The van der Waals surface area contributed by atoms with Crippen molar-refractivity contribution < 1.29 is 13.2 Å². The van der Waals surface area contributed by atoms with Crippen LogP contribution in [0.25, 0.3) is 11.3 Å². The lowest BCUT2D eigenvalue weighted by Gasteiger charge is -2.05. The van der Waals surface area contributed by atoms with E-state index in [1.54, 1.807) is 12.1 Å². The molecule has 2 aromatic rings. The van der Waals surface area contributed by atoms with Gasteiger partial charge in [0.2, 0.25) is 0 Å². The second-order valence-corrected chi connectivity index (χ2v) is 5.93. The van der Waals surface area contributed by atoms with Gasteiger partial charge in [-0.05, 0) is 12.1 Å². The van der Waals surface area contributed by atoms with Crippen molar-refractivity contribution in [3.8, 4) is 11.3 Å². The molecule has 1 aromatic carbocycles. The summed E-state index contributed by atoms with van der Waals surface area (Å²) in [5.41, 5.74) is 6.17. The Morgan fingerprint density at radius 1 is 1.11 bits per heavy atom.